The van der Waals surface area contributed by atoms with Crippen LogP contribution in [-0.4, -0.2) is 54.1 Å². The molecular formula is C18H28N2O2. The highest BCUT2D eigenvalue weighted by atomic mass is 16.6. The molecule has 1 aliphatic heterocycles. The first-order valence-electron chi connectivity index (χ1n) is 8.13. The first kappa shape index (κ1) is 17.0. The van der Waals surface area contributed by atoms with Gasteiger partial charge in [0.15, 0.2) is 0 Å². The van der Waals surface area contributed by atoms with Gasteiger partial charge in [0.25, 0.3) is 0 Å². The highest BCUT2D eigenvalue weighted by Crippen LogP contribution is 2.11. The molecule has 0 N–H and O–H groups in total. The van der Waals surface area contributed by atoms with Crippen LogP contribution in [0.25, 0.3) is 0 Å². The summed E-state index contributed by atoms with van der Waals surface area (Å²) in [7, 11) is 0. The molecule has 0 aliphatic carbocycles. The van der Waals surface area contributed by atoms with E-state index >= 15 is 0 Å². The van der Waals surface area contributed by atoms with Gasteiger partial charge in [-0.3, -0.25) is 9.69 Å². The van der Waals surface area contributed by atoms with Crippen LogP contribution in [0.5, 0.6) is 0 Å². The van der Waals surface area contributed by atoms with Crippen molar-refractivity contribution in [2.75, 3.05) is 32.7 Å². The molecule has 22 heavy (non-hydrogen) atoms. The van der Waals surface area contributed by atoms with E-state index in [-0.39, 0.29) is 11.6 Å². The summed E-state index contributed by atoms with van der Waals surface area (Å²) in [6.07, 6.45) is 0.482. The number of benzene rings is 1. The van der Waals surface area contributed by atoms with Crippen molar-refractivity contribution in [3.63, 3.8) is 0 Å². The van der Waals surface area contributed by atoms with Gasteiger partial charge in [-0.2, -0.15) is 0 Å². The van der Waals surface area contributed by atoms with Crippen LogP contribution in [0.4, 0.5) is 0 Å². The van der Waals surface area contributed by atoms with Crippen LogP contribution in [0.1, 0.15) is 32.8 Å². The summed E-state index contributed by atoms with van der Waals surface area (Å²) in [6, 6.07) is 10.6. The molecule has 0 saturated carbocycles. The molecule has 4 heteroatoms. The molecule has 0 unspecified atom stereocenters. The largest absolute Gasteiger partial charge is 0.460 e. The average Bonchev–Trinajstić information content (AvgIpc) is 2.46. The van der Waals surface area contributed by atoms with Gasteiger partial charge in [0.1, 0.15) is 5.60 Å². The molecule has 1 heterocycles. The third-order valence-corrected chi connectivity index (χ3v) is 3.77. The first-order valence-corrected chi connectivity index (χ1v) is 8.13. The minimum atomic E-state index is -0.383. The Balaban J connectivity index is 1.66. The summed E-state index contributed by atoms with van der Waals surface area (Å²) in [4.78, 5) is 16.6. The number of carbonyl (C=O) groups excluding carboxylic acids is 1. The number of hydrogen-bond donors (Lipinski definition) is 0. The van der Waals surface area contributed by atoms with Crippen molar-refractivity contribution < 1.29 is 9.53 Å². The summed E-state index contributed by atoms with van der Waals surface area (Å²) in [6.45, 7) is 11.7. The molecule has 122 valence electrons. The Labute approximate surface area is 134 Å². The van der Waals surface area contributed by atoms with Crippen LogP contribution in [0.2, 0.25) is 0 Å². The maximum absolute atomic E-state index is 11.7. The number of esters is 1. The Morgan fingerprint density at radius 1 is 1.05 bits per heavy atom. The van der Waals surface area contributed by atoms with Crippen molar-refractivity contribution in [1.82, 2.24) is 9.80 Å². The van der Waals surface area contributed by atoms with E-state index in [9.17, 15) is 4.79 Å². The van der Waals surface area contributed by atoms with E-state index in [1.165, 1.54) is 5.56 Å². The lowest BCUT2D eigenvalue weighted by Gasteiger charge is -2.34. The number of hydrogen-bond acceptors (Lipinski definition) is 4. The van der Waals surface area contributed by atoms with Gasteiger partial charge in [0, 0.05) is 39.3 Å². The molecule has 1 aromatic rings. The number of ether oxygens (including phenoxy) is 1. The summed E-state index contributed by atoms with van der Waals surface area (Å²) in [5.74, 6) is -0.0979. The highest BCUT2D eigenvalue weighted by molar-refractivity contribution is 5.70. The van der Waals surface area contributed by atoms with Crippen LogP contribution in [0, 0.1) is 0 Å². The topological polar surface area (TPSA) is 32.8 Å². The monoisotopic (exact) mass is 304 g/mol. The molecule has 1 saturated heterocycles. The van der Waals surface area contributed by atoms with Gasteiger partial charge in [-0.05, 0) is 26.3 Å². The summed E-state index contributed by atoms with van der Waals surface area (Å²) in [5, 5.41) is 0. The average molecular weight is 304 g/mol. The zero-order chi connectivity index (χ0) is 16.0. The lowest BCUT2D eigenvalue weighted by Crippen LogP contribution is -2.46. The summed E-state index contributed by atoms with van der Waals surface area (Å²) in [5.41, 5.74) is 0.982. The molecule has 0 spiro atoms. The Kier molecular flexibility index (Phi) is 5.98. The van der Waals surface area contributed by atoms with E-state index in [0.717, 1.165) is 39.3 Å². The van der Waals surface area contributed by atoms with E-state index in [2.05, 4.69) is 40.1 Å². The second kappa shape index (κ2) is 7.75. The van der Waals surface area contributed by atoms with Gasteiger partial charge in [0.05, 0.1) is 6.42 Å². The molecule has 1 aliphatic rings. The number of rotatable bonds is 5. The SMILES string of the molecule is CC(C)(C)OC(=O)CCN1CCN(Cc2ccccc2)CC1. The Hall–Kier alpha value is -1.39. The fourth-order valence-electron chi connectivity index (χ4n) is 2.65. The van der Waals surface area contributed by atoms with Gasteiger partial charge < -0.3 is 9.64 Å². The zero-order valence-electron chi connectivity index (χ0n) is 14.0. The van der Waals surface area contributed by atoms with E-state index in [1.54, 1.807) is 0 Å². The molecule has 0 bridgehead atoms. The highest BCUT2D eigenvalue weighted by Gasteiger charge is 2.20. The number of piperazine rings is 1. The van der Waals surface area contributed by atoms with Gasteiger partial charge >= 0.3 is 5.97 Å². The van der Waals surface area contributed by atoms with Crippen molar-refractivity contribution in [3.8, 4) is 0 Å². The van der Waals surface area contributed by atoms with E-state index in [1.807, 2.05) is 20.8 Å². The smallest absolute Gasteiger partial charge is 0.307 e. The summed E-state index contributed by atoms with van der Waals surface area (Å²) >= 11 is 0. The standard InChI is InChI=1S/C18H28N2O2/c1-18(2,3)22-17(21)9-10-19-11-13-20(14-12-19)15-16-7-5-4-6-8-16/h4-8H,9-15H2,1-3H3. The Bertz CT molecular complexity index is 460. The quantitative estimate of drug-likeness (QED) is 0.783. The van der Waals surface area contributed by atoms with Crippen LogP contribution in [0.3, 0.4) is 0 Å². The van der Waals surface area contributed by atoms with Gasteiger partial charge in [0.2, 0.25) is 0 Å². The van der Waals surface area contributed by atoms with Crippen molar-refractivity contribution in [2.24, 2.45) is 0 Å². The van der Waals surface area contributed by atoms with Gasteiger partial charge in [-0.15, -0.1) is 0 Å². The van der Waals surface area contributed by atoms with Crippen LogP contribution >= 0.6 is 0 Å². The fourth-order valence-corrected chi connectivity index (χ4v) is 2.65. The second-order valence-corrected chi connectivity index (χ2v) is 6.94. The third kappa shape index (κ3) is 6.16. The lowest BCUT2D eigenvalue weighted by molar-refractivity contribution is -0.155. The van der Waals surface area contributed by atoms with Crippen molar-refractivity contribution in [1.29, 1.82) is 0 Å². The molecule has 0 atom stereocenters. The molecule has 0 amide bonds. The normalized spacial score (nSPS) is 17.4. The fraction of sp³-hybridized carbons (Fsp3) is 0.611. The van der Waals surface area contributed by atoms with E-state index in [0.29, 0.717) is 6.42 Å². The van der Waals surface area contributed by atoms with Crippen molar-refractivity contribution in [2.45, 2.75) is 39.3 Å². The Morgan fingerprint density at radius 2 is 1.64 bits per heavy atom. The molecule has 0 aromatic heterocycles. The molecule has 4 nitrogen and oxygen atoms in total. The van der Waals surface area contributed by atoms with Crippen LogP contribution in [-0.2, 0) is 16.1 Å². The maximum Gasteiger partial charge on any atom is 0.307 e. The predicted molar refractivity (Wildman–Crippen MR) is 88.6 cm³/mol. The molecular weight excluding hydrogens is 276 g/mol. The Morgan fingerprint density at radius 3 is 2.23 bits per heavy atom. The predicted octanol–water partition coefficient (Wildman–Crippen LogP) is 2.54. The van der Waals surface area contributed by atoms with Gasteiger partial charge in [-0.25, -0.2) is 0 Å². The lowest BCUT2D eigenvalue weighted by atomic mass is 10.2. The summed E-state index contributed by atoms with van der Waals surface area (Å²) < 4.78 is 5.35. The maximum atomic E-state index is 11.7. The van der Waals surface area contributed by atoms with Crippen LogP contribution < -0.4 is 0 Å². The van der Waals surface area contributed by atoms with E-state index < -0.39 is 0 Å². The van der Waals surface area contributed by atoms with Gasteiger partial charge in [-0.1, -0.05) is 30.3 Å². The second-order valence-electron chi connectivity index (χ2n) is 6.94. The minimum Gasteiger partial charge on any atom is -0.460 e. The number of carbonyl (C=O) groups is 1. The van der Waals surface area contributed by atoms with Crippen LogP contribution in [0.15, 0.2) is 30.3 Å². The zero-order valence-corrected chi connectivity index (χ0v) is 14.0. The molecule has 1 fully saturated rings. The van der Waals surface area contributed by atoms with Crippen molar-refractivity contribution >= 4 is 5.97 Å². The molecule has 2 rings (SSSR count). The third-order valence-electron chi connectivity index (χ3n) is 3.77. The first-order chi connectivity index (χ1) is 10.4. The minimum absolute atomic E-state index is 0.0979. The molecule has 0 radical (unpaired) electrons. The van der Waals surface area contributed by atoms with Crippen molar-refractivity contribution in [3.05, 3.63) is 35.9 Å². The van der Waals surface area contributed by atoms with E-state index in [4.69, 9.17) is 4.74 Å². The molecule has 1 aromatic carbocycles. The number of nitrogens with zero attached hydrogens (tertiary/aromatic N) is 2.